The largest absolute Gasteiger partial charge is 0.436 e. The molecule has 0 bridgehead atoms. The lowest BCUT2D eigenvalue weighted by Gasteiger charge is -2.06. The van der Waals surface area contributed by atoms with Gasteiger partial charge in [-0.05, 0) is 49.4 Å². The van der Waals surface area contributed by atoms with Crippen LogP contribution in [-0.4, -0.2) is 15.8 Å². The minimum Gasteiger partial charge on any atom is -0.436 e. The molecule has 3 aromatic carbocycles. The zero-order valence-electron chi connectivity index (χ0n) is 14.9. The average Bonchev–Trinajstić information content (AvgIpc) is 3.11. The summed E-state index contributed by atoms with van der Waals surface area (Å²) in [7, 11) is 0. The zero-order valence-corrected chi connectivity index (χ0v) is 14.9. The highest BCUT2D eigenvalue weighted by molar-refractivity contribution is 6.05. The second-order valence-electron chi connectivity index (χ2n) is 6.28. The summed E-state index contributed by atoms with van der Waals surface area (Å²) in [5.74, 6) is 0.147. The summed E-state index contributed by atoms with van der Waals surface area (Å²) in [4.78, 5) is 27.4. The van der Waals surface area contributed by atoms with E-state index in [-0.39, 0.29) is 11.6 Å². The molecule has 0 aliphatic carbocycles. The monoisotopic (exact) mass is 373 g/mol. The van der Waals surface area contributed by atoms with Crippen LogP contribution in [0.25, 0.3) is 22.6 Å². The molecule has 0 radical (unpaired) electrons. The number of anilines is 1. The fraction of sp³-hybridized carbons (Fsp3) is 0.0476. The number of oxazole rings is 1. The van der Waals surface area contributed by atoms with Crippen molar-refractivity contribution in [1.82, 2.24) is 4.98 Å². The van der Waals surface area contributed by atoms with Crippen molar-refractivity contribution < 1.29 is 14.1 Å². The van der Waals surface area contributed by atoms with E-state index in [1.54, 1.807) is 25.1 Å². The van der Waals surface area contributed by atoms with Crippen LogP contribution in [0.5, 0.6) is 0 Å². The van der Waals surface area contributed by atoms with E-state index in [4.69, 9.17) is 4.42 Å². The average molecular weight is 373 g/mol. The molecule has 1 amide bonds. The van der Waals surface area contributed by atoms with Gasteiger partial charge in [-0.1, -0.05) is 18.2 Å². The molecule has 0 saturated carbocycles. The number of carbonyl (C=O) groups is 1. The molecule has 7 nitrogen and oxygen atoms in total. The van der Waals surface area contributed by atoms with Crippen LogP contribution in [0.4, 0.5) is 11.4 Å². The van der Waals surface area contributed by atoms with Gasteiger partial charge in [-0.3, -0.25) is 14.9 Å². The van der Waals surface area contributed by atoms with Crippen LogP contribution < -0.4 is 5.32 Å². The Balaban J connectivity index is 1.58. The number of benzene rings is 3. The summed E-state index contributed by atoms with van der Waals surface area (Å²) in [5, 5.41) is 13.7. The molecule has 4 aromatic rings. The molecule has 7 heteroatoms. The Hall–Kier alpha value is -4.00. The molecule has 1 N–H and O–H groups in total. The minimum atomic E-state index is -0.472. The number of amides is 1. The summed E-state index contributed by atoms with van der Waals surface area (Å²) >= 11 is 0. The number of rotatable bonds is 4. The molecule has 28 heavy (non-hydrogen) atoms. The van der Waals surface area contributed by atoms with E-state index in [1.165, 1.54) is 18.2 Å². The number of carbonyl (C=O) groups excluding carboxylic acids is 1. The lowest BCUT2D eigenvalue weighted by Crippen LogP contribution is -2.12. The van der Waals surface area contributed by atoms with Crippen LogP contribution >= 0.6 is 0 Å². The van der Waals surface area contributed by atoms with Gasteiger partial charge >= 0.3 is 0 Å². The first-order valence-electron chi connectivity index (χ1n) is 8.54. The predicted octanol–water partition coefficient (Wildman–Crippen LogP) is 4.96. The molecule has 0 spiro atoms. The van der Waals surface area contributed by atoms with Crippen LogP contribution in [0.15, 0.2) is 71.1 Å². The van der Waals surface area contributed by atoms with E-state index < -0.39 is 4.92 Å². The zero-order chi connectivity index (χ0) is 19.7. The number of nitro benzene ring substituents is 1. The first-order chi connectivity index (χ1) is 13.5. The van der Waals surface area contributed by atoms with E-state index in [0.717, 1.165) is 5.56 Å². The first-order valence-corrected chi connectivity index (χ1v) is 8.54. The van der Waals surface area contributed by atoms with Crippen LogP contribution in [0.3, 0.4) is 0 Å². The van der Waals surface area contributed by atoms with E-state index >= 15 is 0 Å². The third kappa shape index (κ3) is 3.33. The molecular weight excluding hydrogens is 358 g/mol. The van der Waals surface area contributed by atoms with Crippen molar-refractivity contribution >= 4 is 28.4 Å². The number of fused-ring (bicyclic) bond motifs is 1. The lowest BCUT2D eigenvalue weighted by molar-refractivity contribution is -0.385. The summed E-state index contributed by atoms with van der Waals surface area (Å²) < 4.78 is 5.76. The molecule has 0 atom stereocenters. The molecule has 0 aliphatic rings. The Morgan fingerprint density at radius 1 is 1.07 bits per heavy atom. The van der Waals surface area contributed by atoms with Crippen LogP contribution in [0, 0.1) is 17.0 Å². The number of aromatic nitrogens is 1. The van der Waals surface area contributed by atoms with Gasteiger partial charge in [0.25, 0.3) is 11.6 Å². The smallest absolute Gasteiger partial charge is 0.272 e. The summed E-state index contributed by atoms with van der Waals surface area (Å²) in [6.07, 6.45) is 0. The first kappa shape index (κ1) is 17.4. The quantitative estimate of drug-likeness (QED) is 0.402. The van der Waals surface area contributed by atoms with Crippen molar-refractivity contribution in [3.8, 4) is 11.5 Å². The van der Waals surface area contributed by atoms with Gasteiger partial charge in [0, 0.05) is 28.4 Å². The van der Waals surface area contributed by atoms with Crippen molar-refractivity contribution in [2.24, 2.45) is 0 Å². The topological polar surface area (TPSA) is 98.3 Å². The Kier molecular flexibility index (Phi) is 4.33. The van der Waals surface area contributed by atoms with Gasteiger partial charge in [0.2, 0.25) is 5.89 Å². The van der Waals surface area contributed by atoms with Gasteiger partial charge in [-0.2, -0.15) is 0 Å². The molecule has 138 valence electrons. The lowest BCUT2D eigenvalue weighted by atomic mass is 10.1. The van der Waals surface area contributed by atoms with Gasteiger partial charge in [0.15, 0.2) is 5.58 Å². The predicted molar refractivity (Wildman–Crippen MR) is 105 cm³/mol. The SMILES string of the molecule is Cc1cc(C(=O)Nc2ccc3oc(-c4ccccc4)nc3c2)ccc1[N+](=O)[O-]. The maximum atomic E-state index is 12.5. The number of nitro groups is 1. The van der Waals surface area contributed by atoms with Crippen LogP contribution in [0.1, 0.15) is 15.9 Å². The maximum Gasteiger partial charge on any atom is 0.272 e. The second kappa shape index (κ2) is 6.96. The third-order valence-electron chi connectivity index (χ3n) is 4.32. The minimum absolute atomic E-state index is 0.0194. The van der Waals surface area contributed by atoms with E-state index in [0.29, 0.717) is 33.8 Å². The van der Waals surface area contributed by atoms with Crippen molar-refractivity contribution in [3.63, 3.8) is 0 Å². The number of aryl methyl sites for hydroxylation is 1. The van der Waals surface area contributed by atoms with E-state index in [1.807, 2.05) is 30.3 Å². The highest BCUT2D eigenvalue weighted by Crippen LogP contribution is 2.26. The van der Waals surface area contributed by atoms with Crippen molar-refractivity contribution in [2.45, 2.75) is 6.92 Å². The molecular formula is C21H15N3O4. The van der Waals surface area contributed by atoms with Gasteiger partial charge < -0.3 is 9.73 Å². The fourth-order valence-electron chi connectivity index (χ4n) is 2.91. The van der Waals surface area contributed by atoms with Crippen molar-refractivity contribution in [3.05, 3.63) is 88.0 Å². The van der Waals surface area contributed by atoms with E-state index in [2.05, 4.69) is 10.3 Å². The van der Waals surface area contributed by atoms with Crippen molar-refractivity contribution in [1.29, 1.82) is 0 Å². The Bertz CT molecular complexity index is 1200. The highest BCUT2D eigenvalue weighted by Gasteiger charge is 2.15. The molecule has 1 aromatic heterocycles. The molecule has 0 fully saturated rings. The summed E-state index contributed by atoms with van der Waals surface area (Å²) in [5.41, 5.74) is 3.41. The normalized spacial score (nSPS) is 10.8. The van der Waals surface area contributed by atoms with E-state index in [9.17, 15) is 14.9 Å². The Morgan fingerprint density at radius 2 is 1.86 bits per heavy atom. The second-order valence-corrected chi connectivity index (χ2v) is 6.28. The number of nitrogens with zero attached hydrogens (tertiary/aromatic N) is 2. The van der Waals surface area contributed by atoms with Gasteiger partial charge in [0.05, 0.1) is 4.92 Å². The Morgan fingerprint density at radius 3 is 2.57 bits per heavy atom. The summed E-state index contributed by atoms with van der Waals surface area (Å²) in [6.45, 7) is 1.60. The van der Waals surface area contributed by atoms with Gasteiger partial charge in [0.1, 0.15) is 5.52 Å². The van der Waals surface area contributed by atoms with Crippen LogP contribution in [-0.2, 0) is 0 Å². The molecule has 0 saturated heterocycles. The standard InChI is InChI=1S/C21H15N3O4/c1-13-11-15(7-9-18(13)24(26)27)20(25)22-16-8-10-19-17(12-16)23-21(28-19)14-5-3-2-4-6-14/h2-12H,1H3,(H,22,25). The maximum absolute atomic E-state index is 12.5. The fourth-order valence-corrected chi connectivity index (χ4v) is 2.91. The Labute approximate surface area is 159 Å². The number of hydrogen-bond donors (Lipinski definition) is 1. The molecule has 0 unspecified atom stereocenters. The molecule has 0 aliphatic heterocycles. The van der Waals surface area contributed by atoms with Gasteiger partial charge in [-0.25, -0.2) is 4.98 Å². The molecule has 1 heterocycles. The van der Waals surface area contributed by atoms with Gasteiger partial charge in [-0.15, -0.1) is 0 Å². The third-order valence-corrected chi connectivity index (χ3v) is 4.32. The highest BCUT2D eigenvalue weighted by atomic mass is 16.6. The van der Waals surface area contributed by atoms with Crippen LogP contribution in [0.2, 0.25) is 0 Å². The number of hydrogen-bond acceptors (Lipinski definition) is 5. The van der Waals surface area contributed by atoms with Crippen molar-refractivity contribution in [2.75, 3.05) is 5.32 Å². The summed E-state index contributed by atoms with van der Waals surface area (Å²) in [6, 6.07) is 19.0. The number of nitrogens with one attached hydrogen (secondary N) is 1. The molecule has 4 rings (SSSR count).